The van der Waals surface area contributed by atoms with Gasteiger partial charge < -0.3 is 15.2 Å². The first-order chi connectivity index (χ1) is 8.06. The number of rotatable bonds is 2. The summed E-state index contributed by atoms with van der Waals surface area (Å²) in [6.07, 6.45) is 1.71. The molecule has 1 fully saturated rings. The number of carbonyl (C=O) groups is 1. The molecule has 2 rings (SSSR count). The number of esters is 1. The van der Waals surface area contributed by atoms with Crippen molar-refractivity contribution in [2.45, 2.75) is 45.0 Å². The average molecular weight is 255 g/mol. The SMILES string of the molecule is CC1CC(OC(=O)c2sccc2N)CC(C)O1. The maximum absolute atomic E-state index is 11.9. The van der Waals surface area contributed by atoms with Crippen LogP contribution in [0.2, 0.25) is 0 Å². The van der Waals surface area contributed by atoms with Crippen molar-refractivity contribution in [1.29, 1.82) is 0 Å². The number of nitrogen functional groups attached to an aromatic ring is 1. The fourth-order valence-electron chi connectivity index (χ4n) is 2.13. The predicted octanol–water partition coefficient (Wildman–Crippen LogP) is 2.44. The first kappa shape index (κ1) is 12.4. The molecule has 2 N–H and O–H groups in total. The van der Waals surface area contributed by atoms with Crippen LogP contribution in [0.15, 0.2) is 11.4 Å². The maximum atomic E-state index is 11.9. The number of thiophene rings is 1. The minimum absolute atomic E-state index is 0.0669. The molecule has 1 aliphatic rings. The van der Waals surface area contributed by atoms with E-state index in [1.807, 2.05) is 13.8 Å². The summed E-state index contributed by atoms with van der Waals surface area (Å²) in [5.41, 5.74) is 6.18. The highest BCUT2D eigenvalue weighted by Crippen LogP contribution is 2.25. The van der Waals surface area contributed by atoms with Crippen molar-refractivity contribution >= 4 is 23.0 Å². The molecule has 94 valence electrons. The minimum atomic E-state index is -0.316. The Hall–Kier alpha value is -1.07. The molecule has 0 spiro atoms. The molecule has 0 amide bonds. The van der Waals surface area contributed by atoms with Crippen molar-refractivity contribution in [3.05, 3.63) is 16.3 Å². The van der Waals surface area contributed by atoms with Gasteiger partial charge >= 0.3 is 5.97 Å². The van der Waals surface area contributed by atoms with E-state index in [1.54, 1.807) is 11.4 Å². The summed E-state index contributed by atoms with van der Waals surface area (Å²) < 4.78 is 11.1. The van der Waals surface area contributed by atoms with Gasteiger partial charge in [-0.2, -0.15) is 0 Å². The fourth-order valence-corrected chi connectivity index (χ4v) is 2.83. The van der Waals surface area contributed by atoms with Crippen LogP contribution >= 0.6 is 11.3 Å². The van der Waals surface area contributed by atoms with E-state index in [4.69, 9.17) is 15.2 Å². The van der Waals surface area contributed by atoms with Gasteiger partial charge in [-0.1, -0.05) is 0 Å². The molecule has 1 aromatic rings. The van der Waals surface area contributed by atoms with E-state index in [-0.39, 0.29) is 24.3 Å². The topological polar surface area (TPSA) is 61.5 Å². The van der Waals surface area contributed by atoms with Crippen LogP contribution in [0.4, 0.5) is 5.69 Å². The normalized spacial score (nSPS) is 28.9. The van der Waals surface area contributed by atoms with E-state index in [1.165, 1.54) is 11.3 Å². The molecule has 17 heavy (non-hydrogen) atoms. The second-order valence-electron chi connectivity index (χ2n) is 4.46. The van der Waals surface area contributed by atoms with Gasteiger partial charge in [0.15, 0.2) is 0 Å². The molecule has 2 unspecified atom stereocenters. The van der Waals surface area contributed by atoms with Crippen LogP contribution in [0, 0.1) is 0 Å². The molecule has 0 aromatic carbocycles. The molecule has 1 saturated heterocycles. The Kier molecular flexibility index (Phi) is 3.69. The number of ether oxygens (including phenoxy) is 2. The van der Waals surface area contributed by atoms with Gasteiger partial charge in [-0.15, -0.1) is 11.3 Å². The van der Waals surface area contributed by atoms with Crippen molar-refractivity contribution < 1.29 is 14.3 Å². The van der Waals surface area contributed by atoms with Crippen molar-refractivity contribution in [2.75, 3.05) is 5.73 Å². The fraction of sp³-hybridized carbons (Fsp3) is 0.583. The van der Waals surface area contributed by atoms with Gasteiger partial charge in [0.25, 0.3) is 0 Å². The van der Waals surface area contributed by atoms with Gasteiger partial charge in [0.2, 0.25) is 0 Å². The Balaban J connectivity index is 1.97. The molecule has 0 aliphatic carbocycles. The lowest BCUT2D eigenvalue weighted by Gasteiger charge is -2.31. The van der Waals surface area contributed by atoms with Crippen molar-refractivity contribution in [3.8, 4) is 0 Å². The van der Waals surface area contributed by atoms with E-state index >= 15 is 0 Å². The molecule has 1 aliphatic heterocycles. The third-order valence-electron chi connectivity index (χ3n) is 2.81. The van der Waals surface area contributed by atoms with Gasteiger partial charge in [-0.25, -0.2) is 4.79 Å². The Morgan fingerprint density at radius 3 is 2.65 bits per heavy atom. The average Bonchev–Trinajstić information content (AvgIpc) is 2.62. The quantitative estimate of drug-likeness (QED) is 0.824. The van der Waals surface area contributed by atoms with Crippen molar-refractivity contribution in [2.24, 2.45) is 0 Å². The van der Waals surface area contributed by atoms with Crippen molar-refractivity contribution in [3.63, 3.8) is 0 Å². The highest BCUT2D eigenvalue weighted by Gasteiger charge is 2.28. The van der Waals surface area contributed by atoms with Crippen LogP contribution in [-0.2, 0) is 9.47 Å². The summed E-state index contributed by atoms with van der Waals surface area (Å²) in [5.74, 6) is -0.316. The Labute approximate surface area is 105 Å². The predicted molar refractivity (Wildman–Crippen MR) is 67.2 cm³/mol. The smallest absolute Gasteiger partial charge is 0.350 e. The molecule has 2 heterocycles. The number of hydrogen-bond acceptors (Lipinski definition) is 5. The maximum Gasteiger partial charge on any atom is 0.350 e. The Morgan fingerprint density at radius 2 is 2.12 bits per heavy atom. The summed E-state index contributed by atoms with van der Waals surface area (Å²) in [4.78, 5) is 12.4. The van der Waals surface area contributed by atoms with Crippen LogP contribution in [-0.4, -0.2) is 24.3 Å². The zero-order valence-corrected chi connectivity index (χ0v) is 10.8. The molecule has 0 radical (unpaired) electrons. The van der Waals surface area contributed by atoms with Gasteiger partial charge in [0.1, 0.15) is 11.0 Å². The number of carbonyl (C=O) groups excluding carboxylic acids is 1. The second kappa shape index (κ2) is 5.06. The third kappa shape index (κ3) is 2.98. The molecule has 0 bridgehead atoms. The largest absolute Gasteiger partial charge is 0.458 e. The lowest BCUT2D eigenvalue weighted by atomic mass is 10.0. The molecule has 0 saturated carbocycles. The van der Waals surface area contributed by atoms with Gasteiger partial charge in [0, 0.05) is 12.8 Å². The summed E-state index contributed by atoms with van der Waals surface area (Å²) >= 11 is 1.32. The van der Waals surface area contributed by atoms with Crippen LogP contribution in [0.25, 0.3) is 0 Å². The highest BCUT2D eigenvalue weighted by molar-refractivity contribution is 7.12. The molecule has 5 heteroatoms. The standard InChI is InChI=1S/C12H17NO3S/c1-7-5-9(6-8(2)15-7)16-12(14)11-10(13)3-4-17-11/h3-4,7-9H,5-6,13H2,1-2H3. The van der Waals surface area contributed by atoms with Crippen LogP contribution < -0.4 is 5.73 Å². The second-order valence-corrected chi connectivity index (χ2v) is 5.38. The van der Waals surface area contributed by atoms with Crippen LogP contribution in [0.3, 0.4) is 0 Å². The molecule has 2 atom stereocenters. The van der Waals surface area contributed by atoms with E-state index in [0.717, 1.165) is 12.8 Å². The van der Waals surface area contributed by atoms with E-state index in [9.17, 15) is 4.79 Å². The first-order valence-corrected chi connectivity index (χ1v) is 6.63. The zero-order chi connectivity index (χ0) is 12.4. The minimum Gasteiger partial charge on any atom is -0.458 e. The number of nitrogens with two attached hydrogens (primary N) is 1. The molecule has 4 nitrogen and oxygen atoms in total. The zero-order valence-electron chi connectivity index (χ0n) is 10.0. The Morgan fingerprint density at radius 1 is 1.47 bits per heavy atom. The summed E-state index contributed by atoms with van der Waals surface area (Å²) in [6, 6.07) is 1.72. The van der Waals surface area contributed by atoms with Crippen molar-refractivity contribution in [1.82, 2.24) is 0 Å². The number of anilines is 1. The summed E-state index contributed by atoms with van der Waals surface area (Å²) in [5, 5.41) is 1.79. The van der Waals surface area contributed by atoms with Crippen LogP contribution in [0.1, 0.15) is 36.4 Å². The van der Waals surface area contributed by atoms with Gasteiger partial charge in [-0.05, 0) is 25.3 Å². The molecular weight excluding hydrogens is 238 g/mol. The molecular formula is C12H17NO3S. The Bertz CT molecular complexity index is 394. The van der Waals surface area contributed by atoms with Gasteiger partial charge in [-0.3, -0.25) is 0 Å². The summed E-state index contributed by atoms with van der Waals surface area (Å²) in [7, 11) is 0. The number of hydrogen-bond donors (Lipinski definition) is 1. The van der Waals surface area contributed by atoms with E-state index < -0.39 is 0 Å². The molecule has 1 aromatic heterocycles. The van der Waals surface area contributed by atoms with Crippen LogP contribution in [0.5, 0.6) is 0 Å². The first-order valence-electron chi connectivity index (χ1n) is 5.75. The lowest BCUT2D eigenvalue weighted by Crippen LogP contribution is -2.35. The highest BCUT2D eigenvalue weighted by atomic mass is 32.1. The van der Waals surface area contributed by atoms with E-state index in [2.05, 4.69) is 0 Å². The van der Waals surface area contributed by atoms with E-state index in [0.29, 0.717) is 10.6 Å². The lowest BCUT2D eigenvalue weighted by molar-refractivity contribution is -0.0853. The monoisotopic (exact) mass is 255 g/mol. The third-order valence-corrected chi connectivity index (χ3v) is 3.72. The summed E-state index contributed by atoms with van der Waals surface area (Å²) in [6.45, 7) is 3.99. The van der Waals surface area contributed by atoms with Gasteiger partial charge in [0.05, 0.1) is 17.9 Å².